The second kappa shape index (κ2) is 11.0. The molecule has 1 aliphatic carbocycles. The van der Waals surface area contributed by atoms with E-state index in [-0.39, 0.29) is 18.4 Å². The Hall–Kier alpha value is -4.94. The topological polar surface area (TPSA) is 146 Å². The number of pyridine rings is 2. The molecule has 7 rings (SSSR count). The summed E-state index contributed by atoms with van der Waals surface area (Å²) < 4.78 is 40.2. The number of fused-ring (bicyclic) bond motifs is 2. The van der Waals surface area contributed by atoms with E-state index in [1.165, 1.54) is 12.1 Å². The molecule has 0 radical (unpaired) electrons. The van der Waals surface area contributed by atoms with Crippen LogP contribution in [0, 0.1) is 11.7 Å². The zero-order valence-electron chi connectivity index (χ0n) is 23.7. The first kappa shape index (κ1) is 27.9. The molecule has 4 heterocycles. The monoisotopic (exact) mass is 609 g/mol. The number of aromatic nitrogens is 5. The highest BCUT2D eigenvalue weighted by molar-refractivity contribution is 7.88. The summed E-state index contributed by atoms with van der Waals surface area (Å²) in [5.74, 6) is -0.363. The van der Waals surface area contributed by atoms with Gasteiger partial charge in [0.25, 0.3) is 0 Å². The number of nitrogens with one attached hydrogen (secondary N) is 4. The van der Waals surface area contributed by atoms with E-state index < -0.39 is 15.8 Å². The first-order valence-corrected chi connectivity index (χ1v) is 16.1. The molecular weight excluding hydrogens is 581 g/mol. The van der Waals surface area contributed by atoms with Crippen molar-refractivity contribution < 1.29 is 17.6 Å². The van der Waals surface area contributed by atoms with Crippen molar-refractivity contribution >= 4 is 43.4 Å². The van der Waals surface area contributed by atoms with Crippen LogP contribution in [0.5, 0.6) is 0 Å². The third-order valence-electron chi connectivity index (χ3n) is 7.99. The van der Waals surface area contributed by atoms with Crippen molar-refractivity contribution in [3.8, 4) is 33.6 Å². The van der Waals surface area contributed by atoms with Crippen LogP contribution in [0.3, 0.4) is 0 Å². The molecule has 2 aromatic carbocycles. The molecule has 0 unspecified atom stereocenters. The minimum Gasteiger partial charge on any atom is -0.352 e. The van der Waals surface area contributed by atoms with Gasteiger partial charge < -0.3 is 10.3 Å². The summed E-state index contributed by atoms with van der Waals surface area (Å²) in [4.78, 5) is 24.6. The Morgan fingerprint density at radius 1 is 0.932 bits per heavy atom. The van der Waals surface area contributed by atoms with Crippen molar-refractivity contribution in [1.82, 2.24) is 29.9 Å². The van der Waals surface area contributed by atoms with Crippen LogP contribution in [0.2, 0.25) is 0 Å². The Bertz CT molecular complexity index is 2170. The van der Waals surface area contributed by atoms with E-state index in [1.54, 1.807) is 30.9 Å². The van der Waals surface area contributed by atoms with Crippen LogP contribution in [-0.4, -0.2) is 45.7 Å². The van der Waals surface area contributed by atoms with Gasteiger partial charge in [-0.05, 0) is 72.0 Å². The number of rotatable bonds is 8. The van der Waals surface area contributed by atoms with E-state index in [0.717, 1.165) is 64.1 Å². The van der Waals surface area contributed by atoms with Gasteiger partial charge in [0.05, 0.1) is 41.1 Å². The second-order valence-corrected chi connectivity index (χ2v) is 13.0. The molecule has 222 valence electrons. The van der Waals surface area contributed by atoms with Gasteiger partial charge in [-0.15, -0.1) is 0 Å². The van der Waals surface area contributed by atoms with Crippen molar-refractivity contribution in [3.63, 3.8) is 0 Å². The lowest BCUT2D eigenvalue weighted by atomic mass is 9.85. The highest BCUT2D eigenvalue weighted by atomic mass is 32.2. The van der Waals surface area contributed by atoms with Gasteiger partial charge in [-0.1, -0.05) is 12.5 Å². The molecule has 0 saturated heterocycles. The van der Waals surface area contributed by atoms with Gasteiger partial charge in [0.2, 0.25) is 15.9 Å². The van der Waals surface area contributed by atoms with Gasteiger partial charge in [-0.2, -0.15) is 5.10 Å². The van der Waals surface area contributed by atoms with Gasteiger partial charge >= 0.3 is 0 Å². The molecule has 0 atom stereocenters. The van der Waals surface area contributed by atoms with Crippen LogP contribution < -0.4 is 10.0 Å². The third kappa shape index (κ3) is 5.56. The normalized spacial score (nSPS) is 13.8. The Kier molecular flexibility index (Phi) is 6.94. The summed E-state index contributed by atoms with van der Waals surface area (Å²) in [5.41, 5.74) is 7.22. The number of hydrogen-bond acceptors (Lipinski definition) is 6. The molecule has 1 amide bonds. The predicted octanol–water partition coefficient (Wildman–Crippen LogP) is 5.76. The molecule has 10 nitrogen and oxygen atoms in total. The Morgan fingerprint density at radius 3 is 2.57 bits per heavy atom. The van der Waals surface area contributed by atoms with E-state index in [1.807, 2.05) is 30.3 Å². The van der Waals surface area contributed by atoms with Gasteiger partial charge in [-0.3, -0.25) is 19.9 Å². The van der Waals surface area contributed by atoms with Crippen LogP contribution in [0.25, 0.3) is 55.4 Å². The Balaban J connectivity index is 1.23. The summed E-state index contributed by atoms with van der Waals surface area (Å²) in [7, 11) is -3.44. The standard InChI is InChI=1S/C32H28FN7O3S/c1-44(42,43)36-13-18-7-21(9-23(33)8-18)27-16-35-17-30-25(27)12-29(38-30)31-26-11-20(5-6-28(26)39-40-31)22-10-24(15-34-14-22)37-32(41)19-3-2-4-19/h5-12,14-17,19,36,38H,2-4,13H2,1H3,(H,37,41)(H,39,40). The lowest BCUT2D eigenvalue weighted by Crippen LogP contribution is -2.28. The number of nitrogens with zero attached hydrogens (tertiary/aromatic N) is 3. The van der Waals surface area contributed by atoms with Crippen molar-refractivity contribution in [2.45, 2.75) is 25.8 Å². The van der Waals surface area contributed by atoms with Crippen LogP contribution >= 0.6 is 0 Å². The highest BCUT2D eigenvalue weighted by Gasteiger charge is 2.25. The molecule has 4 aromatic heterocycles. The molecule has 1 saturated carbocycles. The van der Waals surface area contributed by atoms with Crippen molar-refractivity contribution in [2.24, 2.45) is 5.92 Å². The largest absolute Gasteiger partial charge is 0.352 e. The number of aromatic amines is 2. The smallest absolute Gasteiger partial charge is 0.227 e. The number of benzene rings is 2. The SMILES string of the molecule is CS(=O)(=O)NCc1cc(F)cc(-c2cncc3[nH]c(-c4n[nH]c5ccc(-c6cncc(NC(=O)C7CCC7)c6)cc45)cc23)c1. The molecule has 0 spiro atoms. The van der Waals surface area contributed by atoms with Crippen molar-refractivity contribution in [1.29, 1.82) is 0 Å². The van der Waals surface area contributed by atoms with Crippen LogP contribution in [0.4, 0.5) is 10.1 Å². The zero-order valence-corrected chi connectivity index (χ0v) is 24.5. The molecule has 44 heavy (non-hydrogen) atoms. The molecule has 1 fully saturated rings. The Labute approximate surface area is 252 Å². The van der Waals surface area contributed by atoms with E-state index in [4.69, 9.17) is 0 Å². The van der Waals surface area contributed by atoms with Crippen LogP contribution in [0.1, 0.15) is 24.8 Å². The number of sulfonamides is 1. The number of carbonyl (C=O) groups excluding carboxylic acids is 1. The fourth-order valence-corrected chi connectivity index (χ4v) is 5.94. The highest BCUT2D eigenvalue weighted by Crippen LogP contribution is 2.36. The number of hydrogen-bond donors (Lipinski definition) is 4. The lowest BCUT2D eigenvalue weighted by Gasteiger charge is -2.24. The summed E-state index contributed by atoms with van der Waals surface area (Å²) in [6.45, 7) is -0.0295. The molecule has 4 N–H and O–H groups in total. The molecule has 6 aromatic rings. The minimum absolute atomic E-state index is 0.0295. The van der Waals surface area contributed by atoms with Gasteiger partial charge in [0.1, 0.15) is 11.5 Å². The predicted molar refractivity (Wildman–Crippen MR) is 167 cm³/mol. The number of carbonyl (C=O) groups is 1. The average Bonchev–Trinajstić information content (AvgIpc) is 3.58. The number of anilines is 1. The molecule has 0 bridgehead atoms. The average molecular weight is 610 g/mol. The second-order valence-electron chi connectivity index (χ2n) is 11.2. The van der Waals surface area contributed by atoms with Gasteiger partial charge in [-0.25, -0.2) is 17.5 Å². The van der Waals surface area contributed by atoms with Crippen LogP contribution in [-0.2, 0) is 21.4 Å². The van der Waals surface area contributed by atoms with Gasteiger partial charge in [0, 0.05) is 46.8 Å². The summed E-state index contributed by atoms with van der Waals surface area (Å²) in [5, 5.41) is 12.4. The van der Waals surface area contributed by atoms with E-state index in [0.29, 0.717) is 28.1 Å². The first-order chi connectivity index (χ1) is 21.2. The minimum atomic E-state index is -3.44. The Morgan fingerprint density at radius 2 is 1.77 bits per heavy atom. The van der Waals surface area contributed by atoms with E-state index in [9.17, 15) is 17.6 Å². The third-order valence-corrected chi connectivity index (χ3v) is 8.65. The maximum absolute atomic E-state index is 14.6. The van der Waals surface area contributed by atoms with Crippen molar-refractivity contribution in [2.75, 3.05) is 11.6 Å². The number of amides is 1. The summed E-state index contributed by atoms with van der Waals surface area (Å²) in [6, 6.07) is 14.3. The maximum Gasteiger partial charge on any atom is 0.227 e. The van der Waals surface area contributed by atoms with Gasteiger partial charge in [0.15, 0.2) is 0 Å². The molecule has 12 heteroatoms. The first-order valence-electron chi connectivity index (χ1n) is 14.2. The van der Waals surface area contributed by atoms with Crippen molar-refractivity contribution in [3.05, 3.63) is 84.7 Å². The fourth-order valence-electron chi connectivity index (χ4n) is 5.51. The quantitative estimate of drug-likeness (QED) is 0.173. The number of H-pyrrole nitrogens is 2. The summed E-state index contributed by atoms with van der Waals surface area (Å²) in [6.07, 6.45) is 10.8. The zero-order chi connectivity index (χ0) is 30.4. The molecular formula is C32H28FN7O3S. The summed E-state index contributed by atoms with van der Waals surface area (Å²) >= 11 is 0. The van der Waals surface area contributed by atoms with E-state index >= 15 is 0 Å². The lowest BCUT2D eigenvalue weighted by molar-refractivity contribution is -0.122. The van der Waals surface area contributed by atoms with Crippen LogP contribution in [0.15, 0.2) is 73.3 Å². The number of halogens is 1. The molecule has 0 aliphatic heterocycles. The fraction of sp³-hybridized carbons (Fsp3) is 0.188. The molecule has 1 aliphatic rings. The van der Waals surface area contributed by atoms with E-state index in [2.05, 4.69) is 35.2 Å². The maximum atomic E-state index is 14.6.